The van der Waals surface area contributed by atoms with E-state index in [2.05, 4.69) is 10.1 Å². The van der Waals surface area contributed by atoms with Gasteiger partial charge in [0.1, 0.15) is 11.4 Å². The van der Waals surface area contributed by atoms with Crippen LogP contribution < -0.4 is 20.4 Å². The van der Waals surface area contributed by atoms with Crippen molar-refractivity contribution >= 4 is 22.4 Å². The van der Waals surface area contributed by atoms with Crippen molar-refractivity contribution in [1.82, 2.24) is 14.6 Å². The fourth-order valence-electron chi connectivity index (χ4n) is 2.87. The van der Waals surface area contributed by atoms with Crippen molar-refractivity contribution in [3.63, 3.8) is 0 Å². The van der Waals surface area contributed by atoms with Crippen LogP contribution in [0.4, 0.5) is 0 Å². The summed E-state index contributed by atoms with van der Waals surface area (Å²) in [5.74, 6) is 0.696. The summed E-state index contributed by atoms with van der Waals surface area (Å²) in [5, 5.41) is 4.28. The third-order valence-corrected chi connectivity index (χ3v) is 5.13. The number of nitrogens with zero attached hydrogens (tertiary/aromatic N) is 3. The molecule has 2 aromatic heterocycles. The maximum Gasteiger partial charge on any atom is 0.296 e. The molecule has 0 atom stereocenters. The van der Waals surface area contributed by atoms with Gasteiger partial charge in [0.05, 0.1) is 11.1 Å². The third-order valence-electron chi connectivity index (χ3n) is 4.17. The molecule has 7 heteroatoms. The van der Waals surface area contributed by atoms with E-state index in [0.717, 1.165) is 22.5 Å². The van der Waals surface area contributed by atoms with E-state index in [9.17, 15) is 9.59 Å². The van der Waals surface area contributed by atoms with Crippen molar-refractivity contribution in [3.05, 3.63) is 96.7 Å². The lowest BCUT2D eigenvalue weighted by Crippen LogP contribution is -2.28. The molecule has 0 bridgehead atoms. The van der Waals surface area contributed by atoms with Gasteiger partial charge in [-0.15, -0.1) is 0 Å². The van der Waals surface area contributed by atoms with Gasteiger partial charge >= 0.3 is 0 Å². The lowest BCUT2D eigenvalue weighted by Gasteiger charge is -2.05. The number of hydrogen-bond donors (Lipinski definition) is 0. The summed E-state index contributed by atoms with van der Waals surface area (Å²) in [6, 6.07) is 17.0. The second kappa shape index (κ2) is 7.74. The standard InChI is InChI=1S/C21H17N3O3S/c1-2-27-17-11-7-6-10-15(17)13-18-20(26)24-21(28-18)22-19(25)16(23-24)12-14-8-4-3-5-9-14/h3-11,13H,2,12H2,1H3. The van der Waals surface area contributed by atoms with Gasteiger partial charge < -0.3 is 4.74 Å². The molecule has 0 fully saturated rings. The molecule has 2 heterocycles. The van der Waals surface area contributed by atoms with E-state index in [1.165, 1.54) is 4.52 Å². The Morgan fingerprint density at radius 1 is 1.07 bits per heavy atom. The maximum absolute atomic E-state index is 12.8. The molecule has 0 saturated carbocycles. The van der Waals surface area contributed by atoms with Crippen LogP contribution in [0.15, 0.2) is 64.2 Å². The predicted octanol–water partition coefficient (Wildman–Crippen LogP) is 2.05. The second-order valence-electron chi connectivity index (χ2n) is 6.11. The normalized spacial score (nSPS) is 11.8. The van der Waals surface area contributed by atoms with Gasteiger partial charge in [0.25, 0.3) is 11.1 Å². The number of aromatic nitrogens is 3. The van der Waals surface area contributed by atoms with E-state index in [1.54, 1.807) is 6.08 Å². The van der Waals surface area contributed by atoms with E-state index in [1.807, 2.05) is 61.5 Å². The first-order valence-corrected chi connectivity index (χ1v) is 9.67. The summed E-state index contributed by atoms with van der Waals surface area (Å²) in [7, 11) is 0. The molecule has 0 amide bonds. The molecule has 0 aliphatic rings. The average molecular weight is 391 g/mol. The Hall–Kier alpha value is -3.32. The quantitative estimate of drug-likeness (QED) is 0.521. The third kappa shape index (κ3) is 3.57. The van der Waals surface area contributed by atoms with E-state index >= 15 is 0 Å². The number of fused-ring (bicyclic) bond motifs is 1. The highest BCUT2D eigenvalue weighted by molar-refractivity contribution is 7.15. The fraction of sp³-hybridized carbons (Fsp3) is 0.143. The highest BCUT2D eigenvalue weighted by Gasteiger charge is 2.12. The highest BCUT2D eigenvalue weighted by Crippen LogP contribution is 2.18. The number of hydrogen-bond acceptors (Lipinski definition) is 6. The zero-order chi connectivity index (χ0) is 19.5. The van der Waals surface area contributed by atoms with Crippen molar-refractivity contribution in [1.29, 1.82) is 0 Å². The Morgan fingerprint density at radius 3 is 2.61 bits per heavy atom. The largest absolute Gasteiger partial charge is 0.493 e. The van der Waals surface area contributed by atoms with Crippen LogP contribution in [0.5, 0.6) is 5.75 Å². The van der Waals surface area contributed by atoms with Crippen molar-refractivity contribution in [2.75, 3.05) is 6.61 Å². The lowest BCUT2D eigenvalue weighted by atomic mass is 10.1. The van der Waals surface area contributed by atoms with Crippen LogP contribution >= 0.6 is 11.3 Å². The van der Waals surface area contributed by atoms with Crippen LogP contribution in [0.2, 0.25) is 0 Å². The molecule has 0 N–H and O–H groups in total. The average Bonchev–Trinajstić information content (AvgIpc) is 2.99. The Labute approximate surface area is 164 Å². The van der Waals surface area contributed by atoms with Gasteiger partial charge in [-0.2, -0.15) is 14.6 Å². The second-order valence-corrected chi connectivity index (χ2v) is 7.12. The molecule has 0 saturated heterocycles. The summed E-state index contributed by atoms with van der Waals surface area (Å²) in [4.78, 5) is 29.5. The van der Waals surface area contributed by atoms with Gasteiger partial charge in [-0.1, -0.05) is 59.9 Å². The van der Waals surface area contributed by atoms with Gasteiger partial charge in [-0.05, 0) is 24.6 Å². The van der Waals surface area contributed by atoms with E-state index in [4.69, 9.17) is 4.74 Å². The van der Waals surface area contributed by atoms with Crippen LogP contribution in [-0.2, 0) is 6.42 Å². The fourth-order valence-corrected chi connectivity index (χ4v) is 3.76. The molecule has 140 valence electrons. The molecule has 0 unspecified atom stereocenters. The van der Waals surface area contributed by atoms with Crippen LogP contribution in [-0.4, -0.2) is 21.2 Å². The van der Waals surface area contributed by atoms with Crippen molar-refractivity contribution in [2.45, 2.75) is 13.3 Å². The summed E-state index contributed by atoms with van der Waals surface area (Å²) in [6.45, 7) is 2.44. The monoisotopic (exact) mass is 391 g/mol. The molecule has 4 rings (SSSR count). The predicted molar refractivity (Wildman–Crippen MR) is 109 cm³/mol. The van der Waals surface area contributed by atoms with Gasteiger partial charge in [0.15, 0.2) is 0 Å². The maximum atomic E-state index is 12.8. The molecular formula is C21H17N3O3S. The van der Waals surface area contributed by atoms with Gasteiger partial charge in [0.2, 0.25) is 4.96 Å². The van der Waals surface area contributed by atoms with Crippen molar-refractivity contribution < 1.29 is 4.74 Å². The number of thiazole rings is 1. The molecule has 0 aliphatic heterocycles. The first kappa shape index (κ1) is 18.1. The summed E-state index contributed by atoms with van der Waals surface area (Å²) in [5.41, 5.74) is 1.27. The minimum Gasteiger partial charge on any atom is -0.493 e. The Morgan fingerprint density at radius 2 is 1.82 bits per heavy atom. The minimum absolute atomic E-state index is 0.250. The molecule has 0 radical (unpaired) electrons. The Kier molecular flexibility index (Phi) is 4.99. The molecule has 4 aromatic rings. The zero-order valence-corrected chi connectivity index (χ0v) is 16.0. The first-order valence-electron chi connectivity index (χ1n) is 8.86. The number of rotatable bonds is 5. The summed E-state index contributed by atoms with van der Waals surface area (Å²) >= 11 is 1.14. The lowest BCUT2D eigenvalue weighted by molar-refractivity contribution is 0.339. The first-order chi connectivity index (χ1) is 13.7. The van der Waals surface area contributed by atoms with Crippen molar-refractivity contribution in [3.8, 4) is 5.75 Å². The SMILES string of the molecule is CCOc1ccccc1C=c1sc2nc(=O)c(Cc3ccccc3)nn2c1=O. The van der Waals surface area contributed by atoms with E-state index in [-0.39, 0.29) is 16.2 Å². The van der Waals surface area contributed by atoms with E-state index in [0.29, 0.717) is 23.3 Å². The topological polar surface area (TPSA) is 73.6 Å². The van der Waals surface area contributed by atoms with Crippen LogP contribution in [0, 0.1) is 0 Å². The summed E-state index contributed by atoms with van der Waals surface area (Å²) in [6.07, 6.45) is 2.08. The number of ether oxygens (including phenoxy) is 1. The van der Waals surface area contributed by atoms with Crippen LogP contribution in [0.1, 0.15) is 23.7 Å². The smallest absolute Gasteiger partial charge is 0.296 e. The van der Waals surface area contributed by atoms with E-state index < -0.39 is 5.56 Å². The molecule has 2 aromatic carbocycles. The number of benzene rings is 2. The Balaban J connectivity index is 1.82. The van der Waals surface area contributed by atoms with Gasteiger partial charge in [0, 0.05) is 12.0 Å². The molecule has 0 spiro atoms. The summed E-state index contributed by atoms with van der Waals surface area (Å²) < 4.78 is 7.27. The van der Waals surface area contributed by atoms with Gasteiger partial charge in [-0.25, -0.2) is 0 Å². The van der Waals surface area contributed by atoms with Crippen molar-refractivity contribution in [2.24, 2.45) is 0 Å². The minimum atomic E-state index is -0.411. The molecule has 28 heavy (non-hydrogen) atoms. The Bertz CT molecular complexity index is 1300. The molecule has 6 nitrogen and oxygen atoms in total. The van der Waals surface area contributed by atoms with Crippen LogP contribution in [0.3, 0.4) is 0 Å². The van der Waals surface area contributed by atoms with Gasteiger partial charge in [-0.3, -0.25) is 9.59 Å². The molecular weight excluding hydrogens is 374 g/mol. The highest BCUT2D eigenvalue weighted by atomic mass is 32.1. The van der Waals surface area contributed by atoms with Crippen LogP contribution in [0.25, 0.3) is 11.0 Å². The zero-order valence-electron chi connectivity index (χ0n) is 15.2. The molecule has 0 aliphatic carbocycles. The number of para-hydroxylation sites is 1.